The van der Waals surface area contributed by atoms with Crippen molar-refractivity contribution in [1.29, 1.82) is 0 Å². The molecule has 2 aliphatic rings. The van der Waals surface area contributed by atoms with Gasteiger partial charge in [0.25, 0.3) is 11.8 Å². The molecule has 7 heteroatoms. The molecule has 2 aliphatic heterocycles. The largest absolute Gasteiger partial charge is 0.323 e. The molecule has 29 heavy (non-hydrogen) atoms. The van der Waals surface area contributed by atoms with Crippen LogP contribution in [0, 0.1) is 0 Å². The Morgan fingerprint density at radius 2 is 1.69 bits per heavy atom. The second-order valence-electron chi connectivity index (χ2n) is 6.88. The van der Waals surface area contributed by atoms with Gasteiger partial charge in [0.1, 0.15) is 12.7 Å². The van der Waals surface area contributed by atoms with Gasteiger partial charge in [-0.25, -0.2) is 0 Å². The van der Waals surface area contributed by atoms with Crippen molar-refractivity contribution in [2.75, 3.05) is 16.8 Å². The van der Waals surface area contributed by atoms with E-state index in [2.05, 4.69) is 10.3 Å². The zero-order chi connectivity index (χ0) is 20.0. The van der Waals surface area contributed by atoms with Gasteiger partial charge in [-0.1, -0.05) is 30.3 Å². The monoisotopic (exact) mass is 384 g/mol. The molecule has 0 spiro atoms. The Labute approximate surface area is 166 Å². The van der Waals surface area contributed by atoms with E-state index in [9.17, 15) is 14.4 Å². The number of hydrogen-bond acceptors (Lipinski definition) is 4. The van der Waals surface area contributed by atoms with Crippen LogP contribution in [0.4, 0.5) is 11.4 Å². The first-order chi connectivity index (χ1) is 14.1. The van der Waals surface area contributed by atoms with E-state index in [0.717, 1.165) is 5.56 Å². The molecule has 1 aromatic heterocycles. The SMILES string of the molecule is O=C(CN1C(=O)c2ccccc2N2C(=O)c3ccccc3C12)Nc1cccnc1. The predicted octanol–water partition coefficient (Wildman–Crippen LogP) is 2.84. The van der Waals surface area contributed by atoms with Gasteiger partial charge in [0.05, 0.1) is 23.1 Å². The number of pyridine rings is 1. The fourth-order valence-electron chi connectivity index (χ4n) is 3.93. The molecule has 1 N–H and O–H groups in total. The lowest BCUT2D eigenvalue weighted by Gasteiger charge is -2.40. The Bertz CT molecular complexity index is 1150. The highest BCUT2D eigenvalue weighted by Crippen LogP contribution is 2.44. The van der Waals surface area contributed by atoms with Crippen LogP contribution in [0.3, 0.4) is 0 Å². The van der Waals surface area contributed by atoms with Gasteiger partial charge in [-0.15, -0.1) is 0 Å². The molecule has 0 radical (unpaired) electrons. The first-order valence-corrected chi connectivity index (χ1v) is 9.17. The van der Waals surface area contributed by atoms with Crippen LogP contribution in [0.5, 0.6) is 0 Å². The Hall–Kier alpha value is -4.00. The second kappa shape index (κ2) is 6.56. The van der Waals surface area contributed by atoms with Crippen LogP contribution in [0.1, 0.15) is 32.4 Å². The maximum absolute atomic E-state index is 13.3. The van der Waals surface area contributed by atoms with Crippen molar-refractivity contribution in [1.82, 2.24) is 9.88 Å². The number of nitrogens with one attached hydrogen (secondary N) is 1. The minimum atomic E-state index is -0.652. The molecule has 0 saturated heterocycles. The van der Waals surface area contributed by atoms with Gasteiger partial charge in [0.15, 0.2) is 0 Å². The van der Waals surface area contributed by atoms with E-state index in [0.29, 0.717) is 22.5 Å². The smallest absolute Gasteiger partial charge is 0.260 e. The third-order valence-electron chi connectivity index (χ3n) is 5.14. The van der Waals surface area contributed by atoms with Crippen molar-refractivity contribution in [3.05, 3.63) is 89.7 Å². The van der Waals surface area contributed by atoms with Crippen LogP contribution < -0.4 is 10.2 Å². The van der Waals surface area contributed by atoms with Crippen molar-refractivity contribution in [3.8, 4) is 0 Å². The quantitative estimate of drug-likeness (QED) is 0.753. The molecule has 0 saturated carbocycles. The molecule has 3 amide bonds. The molecule has 3 heterocycles. The Kier molecular flexibility index (Phi) is 3.87. The first-order valence-electron chi connectivity index (χ1n) is 9.17. The summed E-state index contributed by atoms with van der Waals surface area (Å²) >= 11 is 0. The van der Waals surface area contributed by atoms with Gasteiger partial charge in [0, 0.05) is 17.3 Å². The van der Waals surface area contributed by atoms with Gasteiger partial charge < -0.3 is 10.2 Å². The van der Waals surface area contributed by atoms with Gasteiger partial charge >= 0.3 is 0 Å². The summed E-state index contributed by atoms with van der Waals surface area (Å²) in [4.78, 5) is 46.1. The summed E-state index contributed by atoms with van der Waals surface area (Å²) in [7, 11) is 0. The summed E-state index contributed by atoms with van der Waals surface area (Å²) in [5.41, 5.74) is 2.77. The Balaban J connectivity index is 1.55. The van der Waals surface area contributed by atoms with Crippen LogP contribution in [0.25, 0.3) is 0 Å². The number of aromatic nitrogens is 1. The molecule has 0 bridgehead atoms. The van der Waals surface area contributed by atoms with Crippen LogP contribution in [-0.4, -0.2) is 34.2 Å². The number of fused-ring (bicyclic) bond motifs is 5. The van der Waals surface area contributed by atoms with E-state index in [1.807, 2.05) is 12.1 Å². The third-order valence-corrected chi connectivity index (χ3v) is 5.14. The fraction of sp³-hybridized carbons (Fsp3) is 0.0909. The summed E-state index contributed by atoms with van der Waals surface area (Å²) in [5, 5.41) is 2.75. The van der Waals surface area contributed by atoms with Crippen LogP contribution in [-0.2, 0) is 4.79 Å². The molecular formula is C22H16N4O3. The Morgan fingerprint density at radius 3 is 2.48 bits per heavy atom. The highest BCUT2D eigenvalue weighted by Gasteiger charge is 2.47. The van der Waals surface area contributed by atoms with Gasteiger partial charge in [-0.3, -0.25) is 24.3 Å². The number of hydrogen-bond donors (Lipinski definition) is 1. The molecule has 0 fully saturated rings. The minimum absolute atomic E-state index is 0.178. The van der Waals surface area contributed by atoms with Crippen LogP contribution in [0.2, 0.25) is 0 Å². The Morgan fingerprint density at radius 1 is 0.931 bits per heavy atom. The molecule has 142 valence electrons. The highest BCUT2D eigenvalue weighted by atomic mass is 16.2. The standard InChI is InChI=1S/C22H16N4O3/c27-19(24-14-6-5-11-23-12-14)13-25-20-15-7-1-2-8-16(15)22(29)26(20)18-10-4-3-9-17(18)21(25)28/h1-12,20H,13H2,(H,24,27). The number of para-hydroxylation sites is 1. The average molecular weight is 384 g/mol. The third kappa shape index (κ3) is 2.67. The van der Waals surface area contributed by atoms with Crippen molar-refractivity contribution in [3.63, 3.8) is 0 Å². The van der Waals surface area contributed by atoms with E-state index >= 15 is 0 Å². The molecule has 5 rings (SSSR count). The summed E-state index contributed by atoms with van der Waals surface area (Å²) in [6.45, 7) is -0.190. The second-order valence-corrected chi connectivity index (χ2v) is 6.88. The first kappa shape index (κ1) is 17.1. The van der Waals surface area contributed by atoms with Crippen molar-refractivity contribution >= 4 is 29.1 Å². The van der Waals surface area contributed by atoms with Crippen molar-refractivity contribution in [2.24, 2.45) is 0 Å². The number of amides is 3. The maximum atomic E-state index is 13.3. The lowest BCUT2D eigenvalue weighted by atomic mass is 10.0. The van der Waals surface area contributed by atoms with Crippen LogP contribution >= 0.6 is 0 Å². The summed E-state index contributed by atoms with van der Waals surface area (Å²) in [6.07, 6.45) is 2.49. The average Bonchev–Trinajstić information content (AvgIpc) is 3.05. The summed E-state index contributed by atoms with van der Waals surface area (Å²) < 4.78 is 0. The van der Waals surface area contributed by atoms with E-state index < -0.39 is 6.17 Å². The molecule has 3 aromatic rings. The summed E-state index contributed by atoms with van der Waals surface area (Å²) in [5.74, 6) is -0.821. The molecule has 2 aromatic carbocycles. The zero-order valence-corrected chi connectivity index (χ0v) is 15.3. The van der Waals surface area contributed by atoms with Crippen LogP contribution in [0.15, 0.2) is 73.1 Å². The van der Waals surface area contributed by atoms with Crippen molar-refractivity contribution < 1.29 is 14.4 Å². The van der Waals surface area contributed by atoms with Gasteiger partial charge in [-0.2, -0.15) is 0 Å². The van der Waals surface area contributed by atoms with Gasteiger partial charge in [0.2, 0.25) is 5.91 Å². The number of nitrogens with zero attached hydrogens (tertiary/aromatic N) is 3. The van der Waals surface area contributed by atoms with E-state index in [1.165, 1.54) is 11.1 Å². The number of benzene rings is 2. The van der Waals surface area contributed by atoms with E-state index in [1.54, 1.807) is 59.6 Å². The molecular weight excluding hydrogens is 368 g/mol. The lowest BCUT2D eigenvalue weighted by Crippen LogP contribution is -2.50. The highest BCUT2D eigenvalue weighted by molar-refractivity contribution is 6.17. The number of anilines is 2. The number of carbonyl (C=O) groups is 3. The van der Waals surface area contributed by atoms with E-state index in [-0.39, 0.29) is 24.3 Å². The molecule has 0 aliphatic carbocycles. The zero-order valence-electron chi connectivity index (χ0n) is 15.3. The number of carbonyl (C=O) groups excluding carboxylic acids is 3. The van der Waals surface area contributed by atoms with Gasteiger partial charge in [-0.05, 0) is 30.3 Å². The van der Waals surface area contributed by atoms with Crippen molar-refractivity contribution in [2.45, 2.75) is 6.17 Å². The maximum Gasteiger partial charge on any atom is 0.260 e. The number of rotatable bonds is 3. The molecule has 1 atom stereocenters. The topological polar surface area (TPSA) is 82.6 Å². The summed E-state index contributed by atoms with van der Waals surface area (Å²) in [6, 6.07) is 17.6. The fourth-order valence-corrected chi connectivity index (χ4v) is 3.93. The molecule has 7 nitrogen and oxygen atoms in total. The van der Waals surface area contributed by atoms with E-state index in [4.69, 9.17) is 0 Å². The lowest BCUT2D eigenvalue weighted by molar-refractivity contribution is -0.117. The predicted molar refractivity (Wildman–Crippen MR) is 106 cm³/mol. The normalized spacial score (nSPS) is 16.9. The minimum Gasteiger partial charge on any atom is -0.323 e. The molecule has 1 unspecified atom stereocenters.